The van der Waals surface area contributed by atoms with Gasteiger partial charge in [0.15, 0.2) is 11.5 Å². The number of nitro benzene ring substituents is 2. The number of ether oxygens (including phenoxy) is 5. The van der Waals surface area contributed by atoms with E-state index in [-0.39, 0.29) is 30.3 Å². The van der Waals surface area contributed by atoms with Crippen LogP contribution in [0, 0.1) is 20.2 Å². The highest BCUT2D eigenvalue weighted by Gasteiger charge is 2.34. The first kappa shape index (κ1) is 37.9. The first-order chi connectivity index (χ1) is 23.4. The third-order valence-corrected chi connectivity index (χ3v) is 6.87. The van der Waals surface area contributed by atoms with E-state index in [1.165, 1.54) is 61.7 Å². The van der Waals surface area contributed by atoms with Crippen LogP contribution in [0.2, 0.25) is 0 Å². The summed E-state index contributed by atoms with van der Waals surface area (Å²) in [6.07, 6.45) is 2.97. The number of nitro groups is 2. The third-order valence-electron chi connectivity index (χ3n) is 6.87. The van der Waals surface area contributed by atoms with Crippen molar-refractivity contribution in [2.75, 3.05) is 26.9 Å². The molecule has 0 radical (unpaired) electrons. The second-order valence-corrected chi connectivity index (χ2v) is 10.6. The molecule has 0 aliphatic rings. The van der Waals surface area contributed by atoms with Crippen molar-refractivity contribution in [3.63, 3.8) is 0 Å². The molecule has 0 unspecified atom stereocenters. The van der Waals surface area contributed by atoms with Crippen LogP contribution >= 0.6 is 0 Å². The smallest absolute Gasteiger partial charge is 0.426 e. The van der Waals surface area contributed by atoms with Crippen molar-refractivity contribution in [3.05, 3.63) is 104 Å². The fourth-order valence-electron chi connectivity index (χ4n) is 4.27. The molecule has 3 aromatic carbocycles. The van der Waals surface area contributed by atoms with Crippen LogP contribution in [0.15, 0.2) is 66.7 Å². The molecule has 0 spiro atoms. The van der Waals surface area contributed by atoms with E-state index in [0.29, 0.717) is 43.6 Å². The molecule has 0 amide bonds. The molecular formula is C34H36F2N2O11. The first-order valence-electron chi connectivity index (χ1n) is 15.4. The van der Waals surface area contributed by atoms with Crippen molar-refractivity contribution in [1.82, 2.24) is 0 Å². The second kappa shape index (κ2) is 18.7. The van der Waals surface area contributed by atoms with Gasteiger partial charge in [-0.1, -0.05) is 25.5 Å². The summed E-state index contributed by atoms with van der Waals surface area (Å²) in [7, 11) is 1.41. The minimum Gasteiger partial charge on any atom is -0.493 e. The van der Waals surface area contributed by atoms with E-state index < -0.39 is 44.8 Å². The third kappa shape index (κ3) is 12.2. The Labute approximate surface area is 280 Å². The zero-order chi connectivity index (χ0) is 35.8. The average Bonchev–Trinajstić information content (AvgIpc) is 3.08. The van der Waals surface area contributed by atoms with Crippen LogP contribution in [0.25, 0.3) is 6.08 Å². The fourth-order valence-corrected chi connectivity index (χ4v) is 4.27. The Morgan fingerprint density at radius 2 is 1.43 bits per heavy atom. The summed E-state index contributed by atoms with van der Waals surface area (Å²) in [5, 5.41) is 22.0. The lowest BCUT2D eigenvalue weighted by Gasteiger charge is -2.19. The predicted octanol–water partition coefficient (Wildman–Crippen LogP) is 7.79. The number of nitrogens with zero attached hydrogens (tertiary/aromatic N) is 2. The number of unbranched alkanes of at least 4 members (excludes halogenated alkanes) is 4. The van der Waals surface area contributed by atoms with Gasteiger partial charge in [-0.15, -0.1) is 0 Å². The SMILES string of the molecule is CCCCOc1ccc(OC(F)(F)c2ccc(C=CC(=O)OCCCCCCOC(=O)c3cc([N+](=O)[O-])cc([N+](=O)[O-])c3)cc2)cc1OC. The number of esters is 2. The van der Waals surface area contributed by atoms with Gasteiger partial charge < -0.3 is 23.7 Å². The molecule has 49 heavy (non-hydrogen) atoms. The Morgan fingerprint density at radius 3 is 2.02 bits per heavy atom. The molecule has 0 fully saturated rings. The molecule has 3 rings (SSSR count). The van der Waals surface area contributed by atoms with Gasteiger partial charge in [-0.05, 0) is 68.0 Å². The van der Waals surface area contributed by atoms with Gasteiger partial charge in [-0.3, -0.25) is 20.2 Å². The normalized spacial score (nSPS) is 11.2. The summed E-state index contributed by atoms with van der Waals surface area (Å²) in [5.74, 6) is -0.935. The number of hydrogen-bond acceptors (Lipinski definition) is 11. The number of non-ortho nitro benzene ring substituents is 2. The first-order valence-corrected chi connectivity index (χ1v) is 15.4. The molecule has 0 N–H and O–H groups in total. The molecule has 0 atom stereocenters. The Bertz CT molecular complexity index is 1600. The number of hydrogen-bond donors (Lipinski definition) is 0. The van der Waals surface area contributed by atoms with Crippen LogP contribution in [-0.4, -0.2) is 48.7 Å². The summed E-state index contributed by atoms with van der Waals surface area (Å²) in [6.45, 7) is 2.61. The standard InChI is InChI=1S/C34H36F2N2O11/c1-3-4-17-46-30-15-14-29(23-31(30)45-2)49-34(35,36)26-12-9-24(10-13-26)11-16-32(39)47-18-7-5-6-8-19-48-33(40)25-20-27(37(41)42)22-28(21-25)38(43)44/h9-16,20-23H,3-8,17-19H2,1-2H3. The number of carbonyl (C=O) groups excluding carboxylic acids is 2. The van der Waals surface area contributed by atoms with Crippen LogP contribution < -0.4 is 14.2 Å². The quantitative estimate of drug-likeness (QED) is 0.0374. The molecule has 13 nitrogen and oxygen atoms in total. The minimum absolute atomic E-state index is 0.00877. The van der Waals surface area contributed by atoms with Gasteiger partial charge in [0.2, 0.25) is 0 Å². The van der Waals surface area contributed by atoms with Crippen molar-refractivity contribution in [3.8, 4) is 17.2 Å². The van der Waals surface area contributed by atoms with Gasteiger partial charge in [-0.25, -0.2) is 9.59 Å². The lowest BCUT2D eigenvalue weighted by atomic mass is 10.1. The maximum atomic E-state index is 14.9. The molecule has 0 aliphatic heterocycles. The van der Waals surface area contributed by atoms with Gasteiger partial charge >= 0.3 is 18.0 Å². The fraction of sp³-hybridized carbons (Fsp3) is 0.353. The summed E-state index contributed by atoms with van der Waals surface area (Å²) in [5.41, 5.74) is -1.39. The maximum Gasteiger partial charge on any atom is 0.426 e. The molecule has 0 bridgehead atoms. The van der Waals surface area contributed by atoms with E-state index >= 15 is 0 Å². The average molecular weight is 687 g/mol. The van der Waals surface area contributed by atoms with E-state index in [0.717, 1.165) is 31.0 Å². The van der Waals surface area contributed by atoms with E-state index in [1.54, 1.807) is 0 Å². The summed E-state index contributed by atoms with van der Waals surface area (Å²) < 4.78 is 55.8. The van der Waals surface area contributed by atoms with Gasteiger partial charge in [0, 0.05) is 24.3 Å². The number of rotatable bonds is 20. The number of methoxy groups -OCH3 is 1. The lowest BCUT2D eigenvalue weighted by molar-refractivity contribution is -0.394. The summed E-state index contributed by atoms with van der Waals surface area (Å²) in [6, 6.07) is 12.0. The van der Waals surface area contributed by atoms with Gasteiger partial charge in [-0.2, -0.15) is 8.78 Å². The van der Waals surface area contributed by atoms with Gasteiger partial charge in [0.05, 0.1) is 54.0 Å². The largest absolute Gasteiger partial charge is 0.493 e. The van der Waals surface area contributed by atoms with Crippen molar-refractivity contribution in [1.29, 1.82) is 0 Å². The highest BCUT2D eigenvalue weighted by molar-refractivity contribution is 5.91. The van der Waals surface area contributed by atoms with Crippen LogP contribution in [0.4, 0.5) is 20.2 Å². The van der Waals surface area contributed by atoms with E-state index in [4.69, 9.17) is 23.7 Å². The van der Waals surface area contributed by atoms with Crippen LogP contribution in [0.1, 0.15) is 66.9 Å². The molecule has 0 saturated heterocycles. The molecule has 0 heterocycles. The van der Waals surface area contributed by atoms with Crippen LogP contribution in [0.3, 0.4) is 0 Å². The van der Waals surface area contributed by atoms with Crippen molar-refractivity contribution >= 4 is 29.4 Å². The van der Waals surface area contributed by atoms with Crippen LogP contribution in [0.5, 0.6) is 17.2 Å². The lowest BCUT2D eigenvalue weighted by Crippen LogP contribution is -2.21. The predicted molar refractivity (Wildman–Crippen MR) is 173 cm³/mol. The number of alkyl halides is 2. The molecule has 262 valence electrons. The number of carbonyl (C=O) groups is 2. The Kier molecular flexibility index (Phi) is 14.4. The Balaban J connectivity index is 1.37. The van der Waals surface area contributed by atoms with E-state index in [1.807, 2.05) is 6.92 Å². The molecule has 3 aromatic rings. The number of benzene rings is 3. The van der Waals surface area contributed by atoms with Crippen molar-refractivity contribution in [2.24, 2.45) is 0 Å². The second-order valence-electron chi connectivity index (χ2n) is 10.6. The Morgan fingerprint density at radius 1 is 0.796 bits per heavy atom. The van der Waals surface area contributed by atoms with Crippen LogP contribution in [-0.2, 0) is 20.4 Å². The Hall–Kier alpha value is -5.60. The van der Waals surface area contributed by atoms with Crippen molar-refractivity contribution < 1.29 is 51.9 Å². The molecule has 0 aliphatic carbocycles. The zero-order valence-electron chi connectivity index (χ0n) is 26.9. The topological polar surface area (TPSA) is 167 Å². The van der Waals surface area contributed by atoms with E-state index in [9.17, 15) is 38.6 Å². The highest BCUT2D eigenvalue weighted by Crippen LogP contribution is 2.37. The molecule has 0 saturated carbocycles. The minimum atomic E-state index is -3.65. The van der Waals surface area contributed by atoms with Gasteiger partial charge in [0.1, 0.15) is 5.75 Å². The summed E-state index contributed by atoms with van der Waals surface area (Å²) in [4.78, 5) is 44.5. The zero-order valence-corrected chi connectivity index (χ0v) is 26.9. The molecule has 15 heteroatoms. The number of halogens is 2. The van der Waals surface area contributed by atoms with E-state index in [2.05, 4.69) is 0 Å². The highest BCUT2D eigenvalue weighted by atomic mass is 19.3. The molecule has 0 aromatic heterocycles. The monoisotopic (exact) mass is 686 g/mol. The molecular weight excluding hydrogens is 650 g/mol. The van der Waals surface area contributed by atoms with Crippen molar-refractivity contribution in [2.45, 2.75) is 51.6 Å². The maximum absolute atomic E-state index is 14.9. The summed E-state index contributed by atoms with van der Waals surface area (Å²) >= 11 is 0. The van der Waals surface area contributed by atoms with Gasteiger partial charge in [0.25, 0.3) is 11.4 Å².